The van der Waals surface area contributed by atoms with Crippen LogP contribution in [0.4, 0.5) is 0 Å². The number of benzene rings is 1. The van der Waals surface area contributed by atoms with Gasteiger partial charge in [-0.1, -0.05) is 24.3 Å². The molecule has 0 spiro atoms. The fourth-order valence-electron chi connectivity index (χ4n) is 1.82. The Morgan fingerprint density at radius 3 is 2.65 bits per heavy atom. The lowest BCUT2D eigenvalue weighted by Gasteiger charge is -2.10. The largest absolute Gasteiger partial charge is 0.352 e. The number of hydrogen-bond donors (Lipinski definition) is 1. The summed E-state index contributed by atoms with van der Waals surface area (Å²) in [6, 6.07) is 8.03. The second kappa shape index (κ2) is 6.31. The fourth-order valence-corrected chi connectivity index (χ4v) is 3.22. The van der Waals surface area contributed by atoms with Gasteiger partial charge in [0.15, 0.2) is 0 Å². The molecule has 1 amide bonds. The number of hydrogen-bond acceptors (Lipinski definition) is 2. The zero-order valence-electron chi connectivity index (χ0n) is 9.62. The summed E-state index contributed by atoms with van der Waals surface area (Å²) in [6.45, 7) is 0.614. The molecule has 0 aromatic heterocycles. The normalized spacial score (nSPS) is 19.2. The smallest absolute Gasteiger partial charge is 0.224 e. The van der Waals surface area contributed by atoms with Crippen molar-refractivity contribution in [1.82, 2.24) is 5.32 Å². The van der Waals surface area contributed by atoms with Crippen molar-refractivity contribution in [2.75, 3.05) is 11.5 Å². The Morgan fingerprint density at radius 1 is 1.35 bits per heavy atom. The standard InChI is InChI=1S/C13H16ClNOS/c14-7-10-1-3-11(4-2-10)8-15-13(16)12-5-6-17-9-12/h1-4,12H,5-9H2,(H,15,16). The van der Waals surface area contributed by atoms with Crippen LogP contribution >= 0.6 is 23.4 Å². The van der Waals surface area contributed by atoms with E-state index in [4.69, 9.17) is 11.6 Å². The monoisotopic (exact) mass is 269 g/mol. The van der Waals surface area contributed by atoms with Gasteiger partial charge in [-0.05, 0) is 23.3 Å². The van der Waals surface area contributed by atoms with Gasteiger partial charge in [-0.25, -0.2) is 0 Å². The topological polar surface area (TPSA) is 29.1 Å². The van der Waals surface area contributed by atoms with Crippen molar-refractivity contribution in [2.45, 2.75) is 18.8 Å². The zero-order valence-corrected chi connectivity index (χ0v) is 11.2. The third-order valence-electron chi connectivity index (χ3n) is 2.94. The van der Waals surface area contributed by atoms with Gasteiger partial charge in [-0.15, -0.1) is 11.6 Å². The maximum absolute atomic E-state index is 11.8. The maximum Gasteiger partial charge on any atom is 0.224 e. The van der Waals surface area contributed by atoms with E-state index in [9.17, 15) is 4.79 Å². The van der Waals surface area contributed by atoms with Crippen molar-refractivity contribution < 1.29 is 4.79 Å². The van der Waals surface area contributed by atoms with E-state index in [2.05, 4.69) is 5.32 Å². The van der Waals surface area contributed by atoms with E-state index in [1.807, 2.05) is 36.0 Å². The Balaban J connectivity index is 1.82. The van der Waals surface area contributed by atoms with E-state index in [-0.39, 0.29) is 11.8 Å². The molecular formula is C13H16ClNOS. The highest BCUT2D eigenvalue weighted by molar-refractivity contribution is 7.99. The Labute approximate surface area is 111 Å². The molecule has 17 heavy (non-hydrogen) atoms. The third-order valence-corrected chi connectivity index (χ3v) is 4.42. The van der Waals surface area contributed by atoms with Crippen molar-refractivity contribution in [3.05, 3.63) is 35.4 Å². The molecule has 1 N–H and O–H groups in total. The molecule has 1 saturated heterocycles. The number of alkyl halides is 1. The molecule has 2 rings (SSSR count). The molecule has 0 aliphatic carbocycles. The van der Waals surface area contributed by atoms with Crippen molar-refractivity contribution in [3.8, 4) is 0 Å². The van der Waals surface area contributed by atoms with Crippen LogP contribution in [0.5, 0.6) is 0 Å². The average Bonchev–Trinajstić information content (AvgIpc) is 2.90. The molecule has 92 valence electrons. The summed E-state index contributed by atoms with van der Waals surface area (Å²) >= 11 is 7.58. The van der Waals surface area contributed by atoms with Crippen LogP contribution < -0.4 is 5.32 Å². The molecule has 0 saturated carbocycles. The van der Waals surface area contributed by atoms with Gasteiger partial charge < -0.3 is 5.32 Å². The van der Waals surface area contributed by atoms with Gasteiger partial charge in [0.1, 0.15) is 0 Å². The first kappa shape index (κ1) is 12.8. The van der Waals surface area contributed by atoms with Crippen LogP contribution in [-0.2, 0) is 17.2 Å². The summed E-state index contributed by atoms with van der Waals surface area (Å²) in [5.41, 5.74) is 2.23. The SMILES string of the molecule is O=C(NCc1ccc(CCl)cc1)C1CCSC1. The summed E-state index contributed by atoms with van der Waals surface area (Å²) in [5.74, 6) is 3.02. The highest BCUT2D eigenvalue weighted by Gasteiger charge is 2.22. The van der Waals surface area contributed by atoms with Gasteiger partial charge in [-0.2, -0.15) is 11.8 Å². The van der Waals surface area contributed by atoms with E-state index < -0.39 is 0 Å². The number of amides is 1. The molecule has 1 fully saturated rings. The first-order valence-electron chi connectivity index (χ1n) is 5.79. The number of nitrogens with one attached hydrogen (secondary N) is 1. The fraction of sp³-hybridized carbons (Fsp3) is 0.462. The van der Waals surface area contributed by atoms with Crippen molar-refractivity contribution in [2.24, 2.45) is 5.92 Å². The van der Waals surface area contributed by atoms with Crippen LogP contribution in [0.3, 0.4) is 0 Å². The molecule has 4 heteroatoms. The first-order valence-corrected chi connectivity index (χ1v) is 7.48. The van der Waals surface area contributed by atoms with E-state index in [1.54, 1.807) is 0 Å². The van der Waals surface area contributed by atoms with Gasteiger partial charge >= 0.3 is 0 Å². The molecule has 1 aromatic carbocycles. The second-order valence-corrected chi connectivity index (χ2v) is 5.65. The Kier molecular flexibility index (Phi) is 4.75. The number of rotatable bonds is 4. The molecule has 1 aliphatic heterocycles. The maximum atomic E-state index is 11.8. The van der Waals surface area contributed by atoms with Gasteiger partial charge in [0.2, 0.25) is 5.91 Å². The number of halogens is 1. The molecular weight excluding hydrogens is 254 g/mol. The highest BCUT2D eigenvalue weighted by atomic mass is 35.5. The van der Waals surface area contributed by atoms with E-state index in [0.717, 1.165) is 29.1 Å². The van der Waals surface area contributed by atoms with Gasteiger partial charge in [0, 0.05) is 24.1 Å². The van der Waals surface area contributed by atoms with Gasteiger partial charge in [0.25, 0.3) is 0 Å². The number of thioether (sulfide) groups is 1. The van der Waals surface area contributed by atoms with Crippen molar-refractivity contribution in [1.29, 1.82) is 0 Å². The molecule has 1 unspecified atom stereocenters. The minimum atomic E-state index is 0.191. The Hall–Kier alpha value is -0.670. The quantitative estimate of drug-likeness (QED) is 0.852. The van der Waals surface area contributed by atoms with E-state index >= 15 is 0 Å². The van der Waals surface area contributed by atoms with Crippen molar-refractivity contribution >= 4 is 29.3 Å². The van der Waals surface area contributed by atoms with Crippen molar-refractivity contribution in [3.63, 3.8) is 0 Å². The third kappa shape index (κ3) is 3.65. The lowest BCUT2D eigenvalue weighted by molar-refractivity contribution is -0.124. The summed E-state index contributed by atoms with van der Waals surface area (Å²) in [5, 5.41) is 2.99. The van der Waals surface area contributed by atoms with Crippen LogP contribution in [0.1, 0.15) is 17.5 Å². The van der Waals surface area contributed by atoms with Crippen LogP contribution in [0.15, 0.2) is 24.3 Å². The first-order chi connectivity index (χ1) is 8.29. The number of carbonyl (C=O) groups is 1. The van der Waals surface area contributed by atoms with Crippen LogP contribution in [-0.4, -0.2) is 17.4 Å². The predicted octanol–water partition coefficient (Wildman–Crippen LogP) is 2.79. The summed E-state index contributed by atoms with van der Waals surface area (Å²) in [4.78, 5) is 11.8. The van der Waals surface area contributed by atoms with E-state index in [0.29, 0.717) is 12.4 Å². The molecule has 1 aromatic rings. The summed E-state index contributed by atoms with van der Waals surface area (Å²) in [6.07, 6.45) is 1.02. The Bertz CT molecular complexity index is 374. The number of carbonyl (C=O) groups excluding carboxylic acids is 1. The second-order valence-electron chi connectivity index (χ2n) is 4.23. The molecule has 0 bridgehead atoms. The van der Waals surface area contributed by atoms with Crippen LogP contribution in [0.2, 0.25) is 0 Å². The predicted molar refractivity (Wildman–Crippen MR) is 73.3 cm³/mol. The minimum Gasteiger partial charge on any atom is -0.352 e. The van der Waals surface area contributed by atoms with Crippen LogP contribution in [0, 0.1) is 5.92 Å². The molecule has 2 nitrogen and oxygen atoms in total. The van der Waals surface area contributed by atoms with E-state index in [1.165, 1.54) is 0 Å². The van der Waals surface area contributed by atoms with Gasteiger partial charge in [-0.3, -0.25) is 4.79 Å². The summed E-state index contributed by atoms with van der Waals surface area (Å²) in [7, 11) is 0. The zero-order chi connectivity index (χ0) is 12.1. The minimum absolute atomic E-state index is 0.191. The molecule has 1 atom stereocenters. The molecule has 1 aliphatic rings. The Morgan fingerprint density at radius 2 is 2.06 bits per heavy atom. The summed E-state index contributed by atoms with van der Waals surface area (Å²) < 4.78 is 0. The molecule has 0 radical (unpaired) electrons. The lowest BCUT2D eigenvalue weighted by Crippen LogP contribution is -2.30. The lowest BCUT2D eigenvalue weighted by atomic mass is 10.1. The van der Waals surface area contributed by atoms with Gasteiger partial charge in [0.05, 0.1) is 0 Å². The average molecular weight is 270 g/mol. The van der Waals surface area contributed by atoms with Crippen LogP contribution in [0.25, 0.3) is 0 Å². The highest BCUT2D eigenvalue weighted by Crippen LogP contribution is 2.23. The molecule has 1 heterocycles.